The van der Waals surface area contributed by atoms with Gasteiger partial charge in [0.2, 0.25) is 0 Å². The van der Waals surface area contributed by atoms with Crippen molar-refractivity contribution in [2.24, 2.45) is 0 Å². The van der Waals surface area contributed by atoms with Gasteiger partial charge in [-0.15, -0.1) is 0 Å². The molecule has 2 aromatic rings. The molecule has 0 aliphatic heterocycles. The summed E-state index contributed by atoms with van der Waals surface area (Å²) in [6.07, 6.45) is 0. The lowest BCUT2D eigenvalue weighted by Crippen LogP contribution is -2.12. The maximum absolute atomic E-state index is 6.23. The van der Waals surface area contributed by atoms with E-state index in [0.717, 1.165) is 34.4 Å². The van der Waals surface area contributed by atoms with Crippen molar-refractivity contribution in [3.05, 3.63) is 34.0 Å². The minimum absolute atomic E-state index is 0.535. The topological polar surface area (TPSA) is 34.4 Å². The Morgan fingerprint density at radius 3 is 2.83 bits per heavy atom. The Hall–Kier alpha value is -1.03. The maximum atomic E-state index is 6.23. The molecular formula is C14H18ClNO2. The Bertz CT molecular complexity index is 548. The summed E-state index contributed by atoms with van der Waals surface area (Å²) in [5, 5.41) is 4.97. The quantitative estimate of drug-likeness (QED) is 0.898. The van der Waals surface area contributed by atoms with Gasteiger partial charge in [0.05, 0.1) is 18.2 Å². The van der Waals surface area contributed by atoms with Crippen LogP contribution in [0.3, 0.4) is 0 Å². The van der Waals surface area contributed by atoms with Crippen molar-refractivity contribution in [1.29, 1.82) is 0 Å². The summed E-state index contributed by atoms with van der Waals surface area (Å²) in [6, 6.07) is 4.01. The second-order valence-corrected chi connectivity index (χ2v) is 4.75. The molecule has 18 heavy (non-hydrogen) atoms. The summed E-state index contributed by atoms with van der Waals surface area (Å²) >= 11 is 6.23. The Labute approximate surface area is 112 Å². The van der Waals surface area contributed by atoms with Gasteiger partial charge in [-0.25, -0.2) is 0 Å². The predicted octanol–water partition coefficient (Wildman–Crippen LogP) is 3.65. The lowest BCUT2D eigenvalue weighted by Gasteiger charge is -2.02. The number of aryl methyl sites for hydroxylation is 1. The van der Waals surface area contributed by atoms with E-state index in [2.05, 4.69) is 18.3 Å². The number of rotatable bonds is 5. The number of hydrogen-bond donors (Lipinski definition) is 1. The van der Waals surface area contributed by atoms with Gasteiger partial charge in [0.1, 0.15) is 5.76 Å². The number of furan rings is 1. The van der Waals surface area contributed by atoms with Crippen molar-refractivity contribution >= 4 is 22.6 Å². The minimum Gasteiger partial charge on any atom is -0.458 e. The van der Waals surface area contributed by atoms with Crippen molar-refractivity contribution in [3.63, 3.8) is 0 Å². The van der Waals surface area contributed by atoms with E-state index in [1.165, 1.54) is 0 Å². The molecule has 1 aromatic carbocycles. The maximum Gasteiger partial charge on any atom is 0.153 e. The first-order chi connectivity index (χ1) is 8.67. The van der Waals surface area contributed by atoms with Crippen LogP contribution in [0.25, 0.3) is 11.0 Å². The van der Waals surface area contributed by atoms with Crippen molar-refractivity contribution in [3.8, 4) is 0 Å². The molecule has 0 spiro atoms. The van der Waals surface area contributed by atoms with E-state index < -0.39 is 0 Å². The van der Waals surface area contributed by atoms with Crippen LogP contribution in [0.2, 0.25) is 5.02 Å². The number of hydrogen-bond acceptors (Lipinski definition) is 3. The molecule has 98 valence electrons. The fourth-order valence-corrected chi connectivity index (χ4v) is 2.39. The van der Waals surface area contributed by atoms with Crippen LogP contribution in [0.1, 0.15) is 23.8 Å². The van der Waals surface area contributed by atoms with E-state index in [1.807, 2.05) is 13.0 Å². The standard InChI is InChI=1S/C14H18ClNO2/c1-4-16-7-13-11(8-17-3)10-5-9(2)6-12(15)14(10)18-13/h5-6,16H,4,7-8H2,1-3H3. The Morgan fingerprint density at radius 2 is 2.17 bits per heavy atom. The lowest BCUT2D eigenvalue weighted by molar-refractivity contribution is 0.183. The summed E-state index contributed by atoms with van der Waals surface area (Å²) in [6.45, 7) is 6.22. The summed E-state index contributed by atoms with van der Waals surface area (Å²) in [5.74, 6) is 0.904. The fourth-order valence-electron chi connectivity index (χ4n) is 2.08. The van der Waals surface area contributed by atoms with E-state index in [-0.39, 0.29) is 0 Å². The Balaban J connectivity index is 2.55. The SMILES string of the molecule is CCNCc1oc2c(Cl)cc(C)cc2c1COC. The molecule has 1 N–H and O–H groups in total. The van der Waals surface area contributed by atoms with Gasteiger partial charge in [0, 0.05) is 18.1 Å². The van der Waals surface area contributed by atoms with Crippen LogP contribution >= 0.6 is 11.6 Å². The Morgan fingerprint density at radius 1 is 1.39 bits per heavy atom. The van der Waals surface area contributed by atoms with E-state index in [1.54, 1.807) is 7.11 Å². The zero-order valence-electron chi connectivity index (χ0n) is 11.0. The summed E-state index contributed by atoms with van der Waals surface area (Å²) in [4.78, 5) is 0. The van der Waals surface area contributed by atoms with Gasteiger partial charge in [0.25, 0.3) is 0 Å². The highest BCUT2D eigenvalue weighted by molar-refractivity contribution is 6.35. The third-order valence-corrected chi connectivity index (χ3v) is 3.18. The summed E-state index contributed by atoms with van der Waals surface area (Å²) < 4.78 is 11.1. The molecule has 0 aliphatic rings. The third kappa shape index (κ3) is 2.53. The number of halogens is 1. The molecule has 1 heterocycles. The molecule has 4 heteroatoms. The van der Waals surface area contributed by atoms with Gasteiger partial charge in [-0.2, -0.15) is 0 Å². The summed E-state index contributed by atoms with van der Waals surface area (Å²) in [7, 11) is 1.69. The largest absolute Gasteiger partial charge is 0.458 e. The smallest absolute Gasteiger partial charge is 0.153 e. The van der Waals surface area contributed by atoms with Crippen LogP contribution in [0.5, 0.6) is 0 Å². The number of nitrogens with one attached hydrogen (secondary N) is 1. The second kappa shape index (κ2) is 5.74. The molecule has 1 aromatic heterocycles. The van der Waals surface area contributed by atoms with Gasteiger partial charge < -0.3 is 14.5 Å². The number of fused-ring (bicyclic) bond motifs is 1. The number of methoxy groups -OCH3 is 1. The van der Waals surface area contributed by atoms with Crippen LogP contribution in [-0.4, -0.2) is 13.7 Å². The molecule has 0 atom stereocenters. The van der Waals surface area contributed by atoms with Gasteiger partial charge >= 0.3 is 0 Å². The van der Waals surface area contributed by atoms with Crippen molar-refractivity contribution < 1.29 is 9.15 Å². The van der Waals surface area contributed by atoms with E-state index in [0.29, 0.717) is 18.2 Å². The molecule has 0 bridgehead atoms. The predicted molar refractivity (Wildman–Crippen MR) is 74.1 cm³/mol. The molecule has 0 amide bonds. The lowest BCUT2D eigenvalue weighted by atomic mass is 10.1. The highest BCUT2D eigenvalue weighted by Crippen LogP contribution is 2.33. The zero-order valence-corrected chi connectivity index (χ0v) is 11.7. The van der Waals surface area contributed by atoms with Gasteiger partial charge in [-0.1, -0.05) is 18.5 Å². The second-order valence-electron chi connectivity index (χ2n) is 4.34. The highest BCUT2D eigenvalue weighted by Gasteiger charge is 2.16. The first-order valence-corrected chi connectivity index (χ1v) is 6.45. The van der Waals surface area contributed by atoms with Crippen LogP contribution < -0.4 is 5.32 Å². The molecule has 0 saturated carbocycles. The first-order valence-electron chi connectivity index (χ1n) is 6.07. The van der Waals surface area contributed by atoms with Crippen LogP contribution in [0, 0.1) is 6.92 Å². The van der Waals surface area contributed by atoms with Crippen LogP contribution in [0.15, 0.2) is 16.5 Å². The zero-order chi connectivity index (χ0) is 13.1. The number of benzene rings is 1. The molecular weight excluding hydrogens is 250 g/mol. The molecule has 0 aliphatic carbocycles. The van der Waals surface area contributed by atoms with E-state index in [9.17, 15) is 0 Å². The van der Waals surface area contributed by atoms with Crippen molar-refractivity contribution in [2.75, 3.05) is 13.7 Å². The van der Waals surface area contributed by atoms with E-state index >= 15 is 0 Å². The van der Waals surface area contributed by atoms with Gasteiger partial charge in [-0.05, 0) is 31.2 Å². The summed E-state index contributed by atoms with van der Waals surface area (Å²) in [5.41, 5.74) is 2.96. The average Bonchev–Trinajstić information content (AvgIpc) is 2.66. The normalized spacial score (nSPS) is 11.3. The van der Waals surface area contributed by atoms with Crippen molar-refractivity contribution in [2.45, 2.75) is 27.0 Å². The highest BCUT2D eigenvalue weighted by atomic mass is 35.5. The number of ether oxygens (including phenoxy) is 1. The monoisotopic (exact) mass is 267 g/mol. The van der Waals surface area contributed by atoms with Gasteiger partial charge in [-0.3, -0.25) is 0 Å². The molecule has 0 saturated heterocycles. The van der Waals surface area contributed by atoms with E-state index in [4.69, 9.17) is 20.8 Å². The first kappa shape index (κ1) is 13.4. The molecule has 3 nitrogen and oxygen atoms in total. The van der Waals surface area contributed by atoms with Gasteiger partial charge in [0.15, 0.2) is 5.58 Å². The minimum atomic E-state index is 0.535. The third-order valence-electron chi connectivity index (χ3n) is 2.90. The molecule has 0 fully saturated rings. The fraction of sp³-hybridized carbons (Fsp3) is 0.429. The Kier molecular flexibility index (Phi) is 4.27. The molecule has 0 radical (unpaired) electrons. The molecule has 0 unspecified atom stereocenters. The van der Waals surface area contributed by atoms with Crippen LogP contribution in [-0.2, 0) is 17.9 Å². The van der Waals surface area contributed by atoms with Crippen molar-refractivity contribution in [1.82, 2.24) is 5.32 Å². The molecule has 2 rings (SSSR count). The average molecular weight is 268 g/mol. The van der Waals surface area contributed by atoms with Crippen LogP contribution in [0.4, 0.5) is 0 Å².